The second-order valence-electron chi connectivity index (χ2n) is 5.66. The van der Waals surface area contributed by atoms with E-state index in [9.17, 15) is 4.79 Å². The first-order chi connectivity index (χ1) is 9.25. The van der Waals surface area contributed by atoms with Gasteiger partial charge in [-0.1, -0.05) is 35.8 Å². The highest BCUT2D eigenvalue weighted by atomic mass is 79.9. The minimum atomic E-state index is -0.798. The molecule has 0 saturated carbocycles. The Morgan fingerprint density at radius 1 is 1.50 bits per heavy atom. The second-order valence-corrected chi connectivity index (χ2v) is 6.52. The smallest absolute Gasteiger partial charge is 0.303 e. The van der Waals surface area contributed by atoms with Crippen LogP contribution < -0.4 is 10.5 Å². The SMILES string of the molecule is CCOc1ccc(C(N)CC(C)(C)CC(=O)O)c(Br)c1. The van der Waals surface area contributed by atoms with E-state index < -0.39 is 5.97 Å². The van der Waals surface area contributed by atoms with Gasteiger partial charge in [0.05, 0.1) is 13.0 Å². The molecule has 5 heteroatoms. The number of carbonyl (C=O) groups is 1. The molecular weight excluding hydrogens is 322 g/mol. The monoisotopic (exact) mass is 343 g/mol. The molecule has 1 aromatic carbocycles. The molecule has 0 aliphatic carbocycles. The summed E-state index contributed by atoms with van der Waals surface area (Å²) >= 11 is 3.50. The summed E-state index contributed by atoms with van der Waals surface area (Å²) in [5.74, 6) is -0.00641. The predicted molar refractivity (Wildman–Crippen MR) is 82.9 cm³/mol. The zero-order chi connectivity index (χ0) is 15.3. The molecule has 0 fully saturated rings. The first-order valence-corrected chi connectivity index (χ1v) is 7.44. The Labute approximate surface area is 128 Å². The van der Waals surface area contributed by atoms with E-state index in [0.717, 1.165) is 15.8 Å². The van der Waals surface area contributed by atoms with Gasteiger partial charge in [0, 0.05) is 10.5 Å². The Balaban J connectivity index is 2.82. The molecule has 0 radical (unpaired) electrons. The number of hydrogen-bond donors (Lipinski definition) is 2. The maximum Gasteiger partial charge on any atom is 0.303 e. The molecule has 3 N–H and O–H groups in total. The van der Waals surface area contributed by atoms with Gasteiger partial charge in [-0.2, -0.15) is 0 Å². The first-order valence-electron chi connectivity index (χ1n) is 6.65. The number of carboxylic acid groups (broad SMARTS) is 1. The van der Waals surface area contributed by atoms with Gasteiger partial charge in [0.15, 0.2) is 0 Å². The molecule has 0 spiro atoms. The molecule has 0 aromatic heterocycles. The number of hydrogen-bond acceptors (Lipinski definition) is 3. The van der Waals surface area contributed by atoms with Crippen molar-refractivity contribution in [3.63, 3.8) is 0 Å². The van der Waals surface area contributed by atoms with Crippen LogP contribution in [0.1, 0.15) is 45.2 Å². The molecule has 0 heterocycles. The summed E-state index contributed by atoms with van der Waals surface area (Å²) in [6.07, 6.45) is 0.710. The van der Waals surface area contributed by atoms with E-state index in [1.165, 1.54) is 0 Å². The van der Waals surface area contributed by atoms with Crippen LogP contribution >= 0.6 is 15.9 Å². The van der Waals surface area contributed by atoms with Crippen LogP contribution in [0.2, 0.25) is 0 Å². The number of benzene rings is 1. The van der Waals surface area contributed by atoms with Crippen LogP contribution in [0.3, 0.4) is 0 Å². The van der Waals surface area contributed by atoms with Crippen molar-refractivity contribution in [2.45, 2.75) is 39.7 Å². The maximum absolute atomic E-state index is 10.8. The molecule has 0 amide bonds. The van der Waals surface area contributed by atoms with Gasteiger partial charge in [-0.15, -0.1) is 0 Å². The van der Waals surface area contributed by atoms with Crippen LogP contribution in [-0.2, 0) is 4.79 Å². The highest BCUT2D eigenvalue weighted by molar-refractivity contribution is 9.10. The Bertz CT molecular complexity index is 474. The summed E-state index contributed by atoms with van der Waals surface area (Å²) < 4.78 is 6.32. The van der Waals surface area contributed by atoms with Gasteiger partial charge in [0.2, 0.25) is 0 Å². The molecule has 1 aromatic rings. The Kier molecular flexibility index (Phi) is 6.02. The van der Waals surface area contributed by atoms with E-state index in [-0.39, 0.29) is 17.9 Å². The topological polar surface area (TPSA) is 72.5 Å². The molecule has 1 atom stereocenters. The fraction of sp³-hybridized carbons (Fsp3) is 0.533. The number of carboxylic acids is 1. The standard InChI is InChI=1S/C15H22BrNO3/c1-4-20-10-5-6-11(12(16)7-10)13(17)8-15(2,3)9-14(18)19/h5-7,13H,4,8-9,17H2,1-3H3,(H,18,19). The molecule has 4 nitrogen and oxygen atoms in total. The molecule has 0 aliphatic rings. The van der Waals surface area contributed by atoms with Crippen molar-refractivity contribution in [2.75, 3.05) is 6.61 Å². The third kappa shape index (κ3) is 5.13. The average Bonchev–Trinajstić information content (AvgIpc) is 2.26. The number of ether oxygens (including phenoxy) is 1. The van der Waals surface area contributed by atoms with Crippen molar-refractivity contribution in [2.24, 2.45) is 11.1 Å². The average molecular weight is 344 g/mol. The van der Waals surface area contributed by atoms with E-state index in [4.69, 9.17) is 15.6 Å². The fourth-order valence-electron chi connectivity index (χ4n) is 2.25. The molecule has 112 valence electrons. The third-order valence-corrected chi connectivity index (χ3v) is 3.77. The predicted octanol–water partition coefficient (Wildman–Crippen LogP) is 3.74. The van der Waals surface area contributed by atoms with Crippen molar-refractivity contribution in [1.29, 1.82) is 0 Å². The number of rotatable bonds is 7. The van der Waals surface area contributed by atoms with E-state index in [0.29, 0.717) is 13.0 Å². The van der Waals surface area contributed by atoms with Crippen LogP contribution in [0.15, 0.2) is 22.7 Å². The van der Waals surface area contributed by atoms with Gasteiger partial charge in [-0.3, -0.25) is 4.79 Å². The van der Waals surface area contributed by atoms with Gasteiger partial charge in [-0.05, 0) is 36.5 Å². The lowest BCUT2D eigenvalue weighted by atomic mass is 9.81. The molecule has 0 aliphatic heterocycles. The Hall–Kier alpha value is -1.07. The van der Waals surface area contributed by atoms with E-state index in [1.807, 2.05) is 39.0 Å². The number of aliphatic carboxylic acids is 1. The number of halogens is 1. The lowest BCUT2D eigenvalue weighted by Crippen LogP contribution is -2.24. The van der Waals surface area contributed by atoms with Crippen molar-refractivity contribution < 1.29 is 14.6 Å². The van der Waals surface area contributed by atoms with Gasteiger partial charge in [0.1, 0.15) is 5.75 Å². The summed E-state index contributed by atoms with van der Waals surface area (Å²) in [6.45, 7) is 6.39. The maximum atomic E-state index is 10.8. The van der Waals surface area contributed by atoms with Crippen LogP contribution in [-0.4, -0.2) is 17.7 Å². The Morgan fingerprint density at radius 2 is 2.15 bits per heavy atom. The summed E-state index contributed by atoms with van der Waals surface area (Å²) in [7, 11) is 0. The first kappa shape index (κ1) is 17.0. The summed E-state index contributed by atoms with van der Waals surface area (Å²) in [5.41, 5.74) is 6.84. The quantitative estimate of drug-likeness (QED) is 0.790. The van der Waals surface area contributed by atoms with Gasteiger partial charge < -0.3 is 15.6 Å². The highest BCUT2D eigenvalue weighted by Crippen LogP contribution is 2.35. The molecule has 0 saturated heterocycles. The largest absolute Gasteiger partial charge is 0.494 e. The van der Waals surface area contributed by atoms with Crippen LogP contribution in [0.5, 0.6) is 5.75 Å². The summed E-state index contributed by atoms with van der Waals surface area (Å²) in [6, 6.07) is 5.49. The van der Waals surface area contributed by atoms with Crippen molar-refractivity contribution in [3.8, 4) is 5.75 Å². The van der Waals surface area contributed by atoms with Crippen molar-refractivity contribution >= 4 is 21.9 Å². The molecule has 1 unspecified atom stereocenters. The van der Waals surface area contributed by atoms with E-state index >= 15 is 0 Å². The van der Waals surface area contributed by atoms with Gasteiger partial charge in [-0.25, -0.2) is 0 Å². The Morgan fingerprint density at radius 3 is 2.65 bits per heavy atom. The van der Waals surface area contributed by atoms with Gasteiger partial charge >= 0.3 is 5.97 Å². The van der Waals surface area contributed by atoms with Crippen molar-refractivity contribution in [3.05, 3.63) is 28.2 Å². The normalized spacial score (nSPS) is 13.1. The molecule has 0 bridgehead atoms. The lowest BCUT2D eigenvalue weighted by Gasteiger charge is -2.27. The molecule has 1 rings (SSSR count). The summed E-state index contributed by atoms with van der Waals surface area (Å²) in [5, 5.41) is 8.92. The number of nitrogens with two attached hydrogens (primary N) is 1. The van der Waals surface area contributed by atoms with Crippen LogP contribution in [0.25, 0.3) is 0 Å². The zero-order valence-electron chi connectivity index (χ0n) is 12.1. The van der Waals surface area contributed by atoms with Crippen LogP contribution in [0, 0.1) is 5.41 Å². The zero-order valence-corrected chi connectivity index (χ0v) is 13.7. The van der Waals surface area contributed by atoms with Gasteiger partial charge in [0.25, 0.3) is 0 Å². The third-order valence-electron chi connectivity index (χ3n) is 3.08. The van der Waals surface area contributed by atoms with Crippen molar-refractivity contribution in [1.82, 2.24) is 0 Å². The molecule has 20 heavy (non-hydrogen) atoms. The van der Waals surface area contributed by atoms with E-state index in [2.05, 4.69) is 15.9 Å². The minimum Gasteiger partial charge on any atom is -0.494 e. The van der Waals surface area contributed by atoms with Crippen LogP contribution in [0.4, 0.5) is 0 Å². The fourth-order valence-corrected chi connectivity index (χ4v) is 2.90. The van der Waals surface area contributed by atoms with E-state index in [1.54, 1.807) is 0 Å². The molecular formula is C15H22BrNO3. The highest BCUT2D eigenvalue weighted by Gasteiger charge is 2.26. The second kappa shape index (κ2) is 7.09. The minimum absolute atomic E-state index is 0.106. The summed E-state index contributed by atoms with van der Waals surface area (Å²) in [4.78, 5) is 10.8. The lowest BCUT2D eigenvalue weighted by molar-refractivity contribution is -0.139.